The molecule has 4 aliphatic rings. The van der Waals surface area contributed by atoms with Gasteiger partial charge in [0.15, 0.2) is 5.69 Å². The van der Waals surface area contributed by atoms with Crippen LogP contribution < -0.4 is 19.4 Å². The Morgan fingerprint density at radius 2 is 1.61 bits per heavy atom. The zero-order valence-corrected chi connectivity index (χ0v) is 29.9. The van der Waals surface area contributed by atoms with Gasteiger partial charge in [-0.3, -0.25) is 39.4 Å². The van der Waals surface area contributed by atoms with Gasteiger partial charge in [-0.05, 0) is 49.9 Å². The molecule has 54 heavy (non-hydrogen) atoms. The van der Waals surface area contributed by atoms with Gasteiger partial charge in [0.05, 0.1) is 56.0 Å². The number of anilines is 3. The summed E-state index contributed by atoms with van der Waals surface area (Å²) in [5.74, 6) is -7.97. The lowest BCUT2D eigenvalue weighted by Crippen LogP contribution is -2.49. The zero-order valence-electron chi connectivity index (χ0n) is 29.1. The molecule has 2 heterocycles. The summed E-state index contributed by atoms with van der Waals surface area (Å²) < 4.78 is 20.1. The van der Waals surface area contributed by atoms with Gasteiger partial charge >= 0.3 is 11.4 Å². The van der Waals surface area contributed by atoms with Crippen molar-refractivity contribution in [3.05, 3.63) is 103 Å². The number of allylic oxidation sites excluding steroid dienone is 2. The van der Waals surface area contributed by atoms with Crippen LogP contribution in [0.5, 0.6) is 5.75 Å². The lowest BCUT2D eigenvalue weighted by Gasteiger charge is -2.49. The van der Waals surface area contributed by atoms with Crippen molar-refractivity contribution in [2.45, 2.75) is 25.7 Å². The number of nitro groups is 2. The molecule has 0 spiro atoms. The fraction of sp³-hybridized carbons (Fsp3) is 0.351. The average molecular weight is 762 g/mol. The summed E-state index contributed by atoms with van der Waals surface area (Å²) in [7, 11) is 2.79. The Hall–Kier alpha value is -5.74. The van der Waals surface area contributed by atoms with Crippen molar-refractivity contribution in [3.8, 4) is 5.75 Å². The number of nitrogens with zero attached hydrogens (tertiary/aromatic N) is 5. The largest absolute Gasteiger partial charge is 0.491 e. The van der Waals surface area contributed by atoms with Gasteiger partial charge in [0.25, 0.3) is 0 Å². The predicted octanol–water partition coefficient (Wildman–Crippen LogP) is 5.17. The highest BCUT2D eigenvalue weighted by molar-refractivity contribution is 6.32. The van der Waals surface area contributed by atoms with Crippen molar-refractivity contribution in [2.75, 3.05) is 42.0 Å². The molecule has 1 N–H and O–H groups in total. The smallest absolute Gasteiger partial charge is 0.301 e. The Labute approximate surface area is 311 Å². The van der Waals surface area contributed by atoms with Gasteiger partial charge < -0.3 is 14.7 Å². The number of fused-ring (bicyclic) bond motifs is 4. The van der Waals surface area contributed by atoms with Gasteiger partial charge in [-0.1, -0.05) is 41.4 Å². The van der Waals surface area contributed by atoms with Gasteiger partial charge in [0.1, 0.15) is 18.2 Å². The van der Waals surface area contributed by atoms with Gasteiger partial charge in [-0.25, -0.2) is 14.2 Å². The summed E-state index contributed by atoms with van der Waals surface area (Å²) in [6, 6.07) is 12.2. The van der Waals surface area contributed by atoms with Crippen LogP contribution in [0.1, 0.15) is 31.2 Å². The monoisotopic (exact) mass is 761 g/mol. The second kappa shape index (κ2) is 13.3. The number of aliphatic hydroxyl groups excluding tert-OH is 1. The zero-order chi connectivity index (χ0) is 39.0. The number of rotatable bonds is 9. The van der Waals surface area contributed by atoms with Crippen molar-refractivity contribution < 1.29 is 43.3 Å². The molecular weight excluding hydrogens is 729 g/mol. The van der Waals surface area contributed by atoms with Crippen LogP contribution >= 0.6 is 11.6 Å². The summed E-state index contributed by atoms with van der Waals surface area (Å²) in [4.78, 5) is 83.4. The van der Waals surface area contributed by atoms with Crippen LogP contribution in [-0.4, -0.2) is 65.9 Å². The van der Waals surface area contributed by atoms with Gasteiger partial charge in [-0.15, -0.1) is 0 Å². The molecule has 0 radical (unpaired) electrons. The molecule has 15 nitrogen and oxygen atoms in total. The molecule has 0 unspecified atom stereocenters. The third-order valence-electron chi connectivity index (χ3n) is 11.2. The number of aliphatic hydroxyl groups is 1. The molecule has 3 aromatic carbocycles. The van der Waals surface area contributed by atoms with Crippen LogP contribution in [0, 0.1) is 55.1 Å². The number of nitro benzene ring substituents is 2. The Kier molecular flexibility index (Phi) is 9.01. The second-order valence-corrected chi connectivity index (χ2v) is 14.5. The van der Waals surface area contributed by atoms with Crippen molar-refractivity contribution >= 4 is 63.7 Å². The molecule has 2 aliphatic carbocycles. The number of carbonyl (C=O) groups excluding carboxylic acids is 4. The third-order valence-corrected chi connectivity index (χ3v) is 11.5. The van der Waals surface area contributed by atoms with E-state index < -0.39 is 85.7 Å². The number of para-hydroxylation sites is 1. The molecule has 4 amide bonds. The van der Waals surface area contributed by atoms with Crippen molar-refractivity contribution in [3.63, 3.8) is 0 Å². The molecular formula is C37H33ClFN5O10. The number of ether oxygens (including phenoxy) is 1. The maximum Gasteiger partial charge on any atom is 0.301 e. The van der Waals surface area contributed by atoms with Crippen molar-refractivity contribution in [2.24, 2.45) is 29.1 Å². The van der Waals surface area contributed by atoms with E-state index in [0.29, 0.717) is 16.9 Å². The molecule has 3 fully saturated rings. The summed E-state index contributed by atoms with van der Waals surface area (Å²) in [5.41, 5.74) is -2.36. The first kappa shape index (κ1) is 36.6. The highest BCUT2D eigenvalue weighted by Crippen LogP contribution is 2.64. The summed E-state index contributed by atoms with van der Waals surface area (Å²) in [5, 5.41) is 33.6. The first-order valence-electron chi connectivity index (χ1n) is 17.0. The predicted molar refractivity (Wildman–Crippen MR) is 192 cm³/mol. The van der Waals surface area contributed by atoms with Crippen LogP contribution in [0.2, 0.25) is 5.02 Å². The van der Waals surface area contributed by atoms with E-state index in [9.17, 15) is 48.9 Å². The maximum absolute atomic E-state index is 14.7. The minimum absolute atomic E-state index is 0.0217. The second-order valence-electron chi connectivity index (χ2n) is 14.1. The van der Waals surface area contributed by atoms with Crippen LogP contribution in [0.15, 0.2) is 66.2 Å². The molecule has 7 rings (SSSR count). The van der Waals surface area contributed by atoms with E-state index in [-0.39, 0.29) is 48.1 Å². The fourth-order valence-electron chi connectivity index (χ4n) is 8.95. The van der Waals surface area contributed by atoms with Crippen LogP contribution in [0.3, 0.4) is 0 Å². The van der Waals surface area contributed by atoms with Crippen LogP contribution in [0.4, 0.5) is 32.8 Å². The van der Waals surface area contributed by atoms with E-state index in [1.165, 1.54) is 31.1 Å². The highest BCUT2D eigenvalue weighted by atomic mass is 35.5. The molecule has 6 atom stereocenters. The highest BCUT2D eigenvalue weighted by Gasteiger charge is 2.68. The normalized spacial score (nSPS) is 26.0. The van der Waals surface area contributed by atoms with E-state index >= 15 is 0 Å². The molecule has 17 heteroatoms. The van der Waals surface area contributed by atoms with Gasteiger partial charge in [0, 0.05) is 37.7 Å². The van der Waals surface area contributed by atoms with Gasteiger partial charge in [-0.2, -0.15) is 0 Å². The third kappa shape index (κ3) is 5.34. The minimum Gasteiger partial charge on any atom is -0.491 e. The lowest BCUT2D eigenvalue weighted by atomic mass is 9.51. The first-order valence-corrected chi connectivity index (χ1v) is 17.4. The molecule has 3 aromatic rings. The van der Waals surface area contributed by atoms with Crippen molar-refractivity contribution in [1.82, 2.24) is 0 Å². The number of amides is 4. The lowest BCUT2D eigenvalue weighted by molar-refractivity contribution is -0.392. The SMILES string of the molecule is CN(C)c1c([N+](=O)[O-])cc(N2C(=O)[C@H]3[C@H](CC=C4[C@H]3C[C@H]3C(=O)N(c5ccc(F)c(Cl)c5)C(=O)[C@@]3(C)[C@H]4c3ccccc3OCCO)C2=O)cc1[N+](=O)[O-]. The number of carbonyl (C=O) groups is 4. The molecule has 0 bridgehead atoms. The fourth-order valence-corrected chi connectivity index (χ4v) is 9.12. The van der Waals surface area contributed by atoms with E-state index in [0.717, 1.165) is 28.0 Å². The number of benzene rings is 3. The first-order chi connectivity index (χ1) is 25.6. The minimum atomic E-state index is -1.49. The Bertz CT molecular complexity index is 2180. The summed E-state index contributed by atoms with van der Waals surface area (Å²) in [6.07, 6.45) is 1.75. The standard InChI is InChI=1S/C37H33ClFN5O10/c1-37-24(34(47)42(36(37)49)18-8-11-26(39)25(38)14-18)17-23-20(31(37)21-6-4-5-7-29(21)54-13-12-45)9-10-22-30(23)35(48)41(33(22)46)19-15-27(43(50)51)32(40(2)3)28(16-19)44(52)53/h4-9,11,14-16,22-24,30-31,45H,10,12-13,17H2,1-3H3/t22-,23+,24-,30-,31+,37+/m0/s1. The Morgan fingerprint density at radius 3 is 2.22 bits per heavy atom. The van der Waals surface area contributed by atoms with E-state index in [4.69, 9.17) is 16.3 Å². The number of hydrogen-bond donors (Lipinski definition) is 1. The molecule has 280 valence electrons. The maximum atomic E-state index is 14.7. The van der Waals surface area contributed by atoms with Crippen LogP contribution in [0.25, 0.3) is 0 Å². The van der Waals surface area contributed by atoms with E-state index in [1.807, 2.05) is 0 Å². The van der Waals surface area contributed by atoms with E-state index in [1.54, 1.807) is 37.3 Å². The number of hydrogen-bond acceptors (Lipinski definition) is 11. The molecule has 0 aromatic heterocycles. The summed E-state index contributed by atoms with van der Waals surface area (Å²) >= 11 is 6.08. The molecule has 2 saturated heterocycles. The van der Waals surface area contributed by atoms with Crippen molar-refractivity contribution in [1.29, 1.82) is 0 Å². The Balaban J connectivity index is 1.37. The van der Waals surface area contributed by atoms with E-state index in [2.05, 4.69) is 0 Å². The topological polar surface area (TPSA) is 194 Å². The number of halogens is 2. The van der Waals surface area contributed by atoms with Gasteiger partial charge in [0.2, 0.25) is 23.6 Å². The quantitative estimate of drug-likeness (QED) is 0.131. The van der Waals surface area contributed by atoms with Crippen LogP contribution in [-0.2, 0) is 19.2 Å². The average Bonchev–Trinajstić information content (AvgIpc) is 3.50. The molecule has 1 saturated carbocycles. The summed E-state index contributed by atoms with van der Waals surface area (Å²) in [6.45, 7) is 1.25. The Morgan fingerprint density at radius 1 is 0.944 bits per heavy atom. The molecule has 2 aliphatic heterocycles. The number of imide groups is 2.